The van der Waals surface area contributed by atoms with E-state index >= 15 is 0 Å². The summed E-state index contributed by atoms with van der Waals surface area (Å²) >= 11 is 5.83. The first-order valence-electron chi connectivity index (χ1n) is 6.38. The van der Waals surface area contributed by atoms with Gasteiger partial charge in [-0.1, -0.05) is 23.7 Å². The first-order chi connectivity index (χ1) is 9.13. The van der Waals surface area contributed by atoms with Crippen LogP contribution in [0.4, 0.5) is 0 Å². The summed E-state index contributed by atoms with van der Waals surface area (Å²) in [5.41, 5.74) is 1.11. The number of carbonyl (C=O) groups excluding carboxylic acids is 1. The third-order valence-electron chi connectivity index (χ3n) is 2.79. The molecule has 0 aliphatic rings. The smallest absolute Gasteiger partial charge is 0.233 e. The van der Waals surface area contributed by atoms with Crippen LogP contribution in [0.2, 0.25) is 5.02 Å². The van der Waals surface area contributed by atoms with E-state index in [1.54, 1.807) is 7.11 Å². The third-order valence-corrected chi connectivity index (χ3v) is 3.04. The Morgan fingerprint density at radius 2 is 2.05 bits per heavy atom. The minimum absolute atomic E-state index is 0.00286. The number of rotatable bonds is 8. The lowest BCUT2D eigenvalue weighted by Crippen LogP contribution is -2.35. The summed E-state index contributed by atoms with van der Waals surface area (Å²) in [4.78, 5) is 11.6. The van der Waals surface area contributed by atoms with Crippen LogP contribution in [0.3, 0.4) is 0 Å². The predicted octanol–water partition coefficient (Wildman–Crippen LogP) is 2.14. The van der Waals surface area contributed by atoms with E-state index in [0.29, 0.717) is 24.7 Å². The highest BCUT2D eigenvalue weighted by molar-refractivity contribution is 6.30. The summed E-state index contributed by atoms with van der Waals surface area (Å²) in [6, 6.07) is 7.72. The average Bonchev–Trinajstić information content (AvgIpc) is 2.42. The molecule has 0 heterocycles. The van der Waals surface area contributed by atoms with Gasteiger partial charge in [-0.05, 0) is 31.0 Å². The number of benzene rings is 1. The lowest BCUT2D eigenvalue weighted by Gasteiger charge is -2.14. The number of hydrogen-bond donors (Lipinski definition) is 2. The van der Waals surface area contributed by atoms with Gasteiger partial charge in [0.1, 0.15) is 0 Å². The fourth-order valence-electron chi connectivity index (χ4n) is 1.62. The largest absolute Gasteiger partial charge is 0.385 e. The molecule has 0 saturated heterocycles. The van der Waals surface area contributed by atoms with Crippen LogP contribution in [0.15, 0.2) is 24.3 Å². The van der Waals surface area contributed by atoms with Crippen LogP contribution in [0, 0.1) is 0 Å². The molecule has 0 radical (unpaired) electrons. The van der Waals surface area contributed by atoms with Gasteiger partial charge in [0, 0.05) is 31.3 Å². The van der Waals surface area contributed by atoms with E-state index in [1.165, 1.54) is 0 Å². The number of carbonyl (C=O) groups is 1. The van der Waals surface area contributed by atoms with E-state index in [1.807, 2.05) is 31.2 Å². The summed E-state index contributed by atoms with van der Waals surface area (Å²) in [6.45, 7) is 3.62. The van der Waals surface area contributed by atoms with Gasteiger partial charge >= 0.3 is 0 Å². The van der Waals surface area contributed by atoms with Crippen LogP contribution in [-0.2, 0) is 9.53 Å². The highest BCUT2D eigenvalue weighted by Crippen LogP contribution is 2.15. The molecule has 0 aromatic heterocycles. The lowest BCUT2D eigenvalue weighted by molar-refractivity contribution is -0.120. The second kappa shape index (κ2) is 8.91. The highest BCUT2D eigenvalue weighted by atomic mass is 35.5. The Hall–Kier alpha value is -1.10. The highest BCUT2D eigenvalue weighted by Gasteiger charge is 2.07. The van der Waals surface area contributed by atoms with Crippen LogP contribution < -0.4 is 10.6 Å². The van der Waals surface area contributed by atoms with Crippen LogP contribution in [0.5, 0.6) is 0 Å². The number of ether oxygens (including phenoxy) is 1. The van der Waals surface area contributed by atoms with Crippen molar-refractivity contribution in [3.8, 4) is 0 Å². The number of nitrogens with one attached hydrogen (secondary N) is 2. The first-order valence-corrected chi connectivity index (χ1v) is 6.75. The minimum Gasteiger partial charge on any atom is -0.385 e. The molecule has 0 fully saturated rings. The Labute approximate surface area is 119 Å². The van der Waals surface area contributed by atoms with Crippen LogP contribution in [0.25, 0.3) is 0 Å². The van der Waals surface area contributed by atoms with E-state index in [2.05, 4.69) is 10.6 Å². The average molecular weight is 285 g/mol. The topological polar surface area (TPSA) is 50.4 Å². The van der Waals surface area contributed by atoms with E-state index in [9.17, 15) is 4.79 Å². The normalized spacial score (nSPS) is 12.2. The van der Waals surface area contributed by atoms with Crippen molar-refractivity contribution in [2.24, 2.45) is 0 Å². The molecular formula is C14H21ClN2O2. The summed E-state index contributed by atoms with van der Waals surface area (Å²) in [7, 11) is 1.65. The zero-order chi connectivity index (χ0) is 14.1. The molecule has 0 bridgehead atoms. The van der Waals surface area contributed by atoms with Gasteiger partial charge in [-0.15, -0.1) is 0 Å². The number of hydrogen-bond acceptors (Lipinski definition) is 3. The molecule has 0 unspecified atom stereocenters. The number of halogens is 1. The molecule has 19 heavy (non-hydrogen) atoms. The summed E-state index contributed by atoms with van der Waals surface area (Å²) in [5, 5.41) is 6.72. The van der Waals surface area contributed by atoms with Crippen molar-refractivity contribution in [1.82, 2.24) is 10.6 Å². The van der Waals surface area contributed by atoms with Crippen molar-refractivity contribution < 1.29 is 9.53 Å². The summed E-state index contributed by atoms with van der Waals surface area (Å²) < 4.78 is 4.91. The van der Waals surface area contributed by atoms with Crippen molar-refractivity contribution >= 4 is 17.5 Å². The summed E-state index contributed by atoms with van der Waals surface area (Å²) in [6.07, 6.45) is 0.828. The van der Waals surface area contributed by atoms with Gasteiger partial charge in [0.25, 0.3) is 0 Å². The van der Waals surface area contributed by atoms with Gasteiger partial charge in [-0.3, -0.25) is 4.79 Å². The second-order valence-corrected chi connectivity index (χ2v) is 4.79. The fourth-order valence-corrected chi connectivity index (χ4v) is 1.75. The molecule has 1 amide bonds. The standard InChI is InChI=1S/C14H21ClN2O2/c1-11(12-4-6-13(15)7-5-12)17-10-14(18)16-8-3-9-19-2/h4-7,11,17H,3,8-10H2,1-2H3,(H,16,18)/t11-/m1/s1. The molecule has 0 aliphatic carbocycles. The molecule has 2 N–H and O–H groups in total. The van der Waals surface area contributed by atoms with Gasteiger partial charge in [0.2, 0.25) is 5.91 Å². The molecule has 4 nitrogen and oxygen atoms in total. The Morgan fingerprint density at radius 1 is 1.37 bits per heavy atom. The summed E-state index contributed by atoms with van der Waals surface area (Å²) in [5.74, 6) is -0.00286. The molecular weight excluding hydrogens is 264 g/mol. The Bertz CT molecular complexity index is 382. The van der Waals surface area contributed by atoms with Gasteiger partial charge in [0.05, 0.1) is 6.54 Å². The van der Waals surface area contributed by atoms with Crippen LogP contribution in [0.1, 0.15) is 24.9 Å². The molecule has 1 atom stereocenters. The van der Waals surface area contributed by atoms with Crippen molar-refractivity contribution in [1.29, 1.82) is 0 Å². The number of amides is 1. The van der Waals surface area contributed by atoms with Crippen molar-refractivity contribution in [2.45, 2.75) is 19.4 Å². The second-order valence-electron chi connectivity index (χ2n) is 4.35. The van der Waals surface area contributed by atoms with E-state index in [0.717, 1.165) is 12.0 Å². The van der Waals surface area contributed by atoms with Crippen LogP contribution >= 0.6 is 11.6 Å². The zero-order valence-electron chi connectivity index (χ0n) is 11.4. The fraction of sp³-hybridized carbons (Fsp3) is 0.500. The van der Waals surface area contributed by atoms with Gasteiger partial charge < -0.3 is 15.4 Å². The Morgan fingerprint density at radius 3 is 2.68 bits per heavy atom. The molecule has 1 aromatic carbocycles. The molecule has 0 saturated carbocycles. The molecule has 1 rings (SSSR count). The first kappa shape index (κ1) is 16.0. The predicted molar refractivity (Wildman–Crippen MR) is 77.4 cm³/mol. The van der Waals surface area contributed by atoms with E-state index < -0.39 is 0 Å². The van der Waals surface area contributed by atoms with Crippen molar-refractivity contribution in [3.63, 3.8) is 0 Å². The molecule has 5 heteroatoms. The number of methoxy groups -OCH3 is 1. The minimum atomic E-state index is -0.00286. The monoisotopic (exact) mass is 284 g/mol. The third kappa shape index (κ3) is 6.57. The molecule has 106 valence electrons. The SMILES string of the molecule is COCCCNC(=O)CN[C@H](C)c1ccc(Cl)cc1. The molecule has 1 aromatic rings. The van der Waals surface area contributed by atoms with Crippen molar-refractivity contribution in [2.75, 3.05) is 26.8 Å². The van der Waals surface area contributed by atoms with Gasteiger partial charge in [-0.25, -0.2) is 0 Å². The maximum Gasteiger partial charge on any atom is 0.233 e. The lowest BCUT2D eigenvalue weighted by atomic mass is 10.1. The molecule has 0 spiro atoms. The quantitative estimate of drug-likeness (QED) is 0.719. The van der Waals surface area contributed by atoms with Crippen LogP contribution in [-0.4, -0.2) is 32.7 Å². The molecule has 0 aliphatic heterocycles. The Balaban J connectivity index is 2.24. The van der Waals surface area contributed by atoms with E-state index in [-0.39, 0.29) is 11.9 Å². The van der Waals surface area contributed by atoms with Crippen molar-refractivity contribution in [3.05, 3.63) is 34.9 Å². The zero-order valence-corrected chi connectivity index (χ0v) is 12.2. The van der Waals surface area contributed by atoms with Gasteiger partial charge in [0.15, 0.2) is 0 Å². The van der Waals surface area contributed by atoms with Gasteiger partial charge in [-0.2, -0.15) is 0 Å². The maximum atomic E-state index is 11.6. The van der Waals surface area contributed by atoms with E-state index in [4.69, 9.17) is 16.3 Å². The Kier molecular flexibility index (Phi) is 7.48. The maximum absolute atomic E-state index is 11.6.